The quantitative estimate of drug-likeness (QED) is 0.370. The van der Waals surface area contributed by atoms with Crippen molar-refractivity contribution in [1.82, 2.24) is 20.3 Å². The third-order valence-corrected chi connectivity index (χ3v) is 6.91. The first kappa shape index (κ1) is 24.4. The lowest BCUT2D eigenvalue weighted by molar-refractivity contribution is -0.128. The molecule has 0 fully saturated rings. The highest BCUT2D eigenvalue weighted by Gasteiger charge is 2.37. The van der Waals surface area contributed by atoms with Crippen LogP contribution in [0.1, 0.15) is 38.1 Å². The molecule has 0 spiro atoms. The molecule has 1 N–H and O–H groups in total. The van der Waals surface area contributed by atoms with Gasteiger partial charge in [0.1, 0.15) is 23.9 Å². The second kappa shape index (κ2) is 10.3. The summed E-state index contributed by atoms with van der Waals surface area (Å²) >= 11 is 1.43. The Labute approximate surface area is 208 Å². The van der Waals surface area contributed by atoms with E-state index in [1.54, 1.807) is 23.9 Å². The van der Waals surface area contributed by atoms with E-state index in [1.165, 1.54) is 16.2 Å². The van der Waals surface area contributed by atoms with Crippen LogP contribution in [-0.2, 0) is 16.1 Å². The third-order valence-electron chi connectivity index (χ3n) is 5.98. The number of carbonyl (C=O) groups excluding carboxylic acids is 2. The topological polar surface area (TPSA) is 89.4 Å². The molecule has 0 saturated carbocycles. The van der Waals surface area contributed by atoms with Gasteiger partial charge in [-0.2, -0.15) is 0 Å². The molecule has 0 unspecified atom stereocenters. The van der Waals surface area contributed by atoms with Crippen LogP contribution in [0.25, 0.3) is 11.0 Å². The van der Waals surface area contributed by atoms with E-state index in [0.29, 0.717) is 17.0 Å². The van der Waals surface area contributed by atoms with Crippen LogP contribution in [0.4, 0.5) is 5.69 Å². The van der Waals surface area contributed by atoms with Gasteiger partial charge in [0, 0.05) is 10.4 Å². The van der Waals surface area contributed by atoms with Crippen LogP contribution >= 0.6 is 11.3 Å². The highest BCUT2D eigenvalue weighted by molar-refractivity contribution is 7.10. The van der Waals surface area contributed by atoms with Crippen LogP contribution in [0, 0.1) is 0 Å². The lowest BCUT2D eigenvalue weighted by Crippen LogP contribution is -2.51. The fraction of sp³-hybridized carbons (Fsp3) is 0.308. The van der Waals surface area contributed by atoms with Crippen molar-refractivity contribution in [3.63, 3.8) is 0 Å². The van der Waals surface area contributed by atoms with Crippen molar-refractivity contribution in [1.29, 1.82) is 0 Å². The first-order valence-corrected chi connectivity index (χ1v) is 12.3. The summed E-state index contributed by atoms with van der Waals surface area (Å²) in [5.74, 6) is -0.0802. The smallest absolute Gasteiger partial charge is 0.249 e. The Balaban J connectivity index is 1.81. The van der Waals surface area contributed by atoms with Crippen LogP contribution in [0.15, 0.2) is 66.0 Å². The van der Waals surface area contributed by atoms with E-state index in [9.17, 15) is 9.59 Å². The second-order valence-corrected chi connectivity index (χ2v) is 9.80. The molecule has 182 valence electrons. The van der Waals surface area contributed by atoms with Gasteiger partial charge in [0.2, 0.25) is 11.8 Å². The zero-order valence-corrected chi connectivity index (χ0v) is 21.1. The number of aromatic nitrogens is 3. The van der Waals surface area contributed by atoms with Gasteiger partial charge in [-0.15, -0.1) is 16.4 Å². The molecule has 0 bridgehead atoms. The summed E-state index contributed by atoms with van der Waals surface area (Å²) in [5, 5.41) is 13.4. The number of nitrogens with one attached hydrogen (secondary N) is 1. The number of rotatable bonds is 9. The van der Waals surface area contributed by atoms with Gasteiger partial charge in [-0.3, -0.25) is 14.5 Å². The van der Waals surface area contributed by atoms with Crippen LogP contribution in [0.5, 0.6) is 5.75 Å². The summed E-state index contributed by atoms with van der Waals surface area (Å²) in [6, 6.07) is 17.5. The predicted molar refractivity (Wildman–Crippen MR) is 138 cm³/mol. The lowest BCUT2D eigenvalue weighted by Gasteiger charge is -2.34. The van der Waals surface area contributed by atoms with E-state index in [2.05, 4.69) is 15.6 Å². The van der Waals surface area contributed by atoms with Gasteiger partial charge in [0.05, 0.1) is 18.3 Å². The molecule has 35 heavy (non-hydrogen) atoms. The minimum atomic E-state index is -0.889. The number of carbonyl (C=O) groups is 2. The number of thiophene rings is 1. The van der Waals surface area contributed by atoms with Crippen LogP contribution in [0.3, 0.4) is 0 Å². The molecule has 0 aliphatic rings. The molecule has 2 aromatic carbocycles. The van der Waals surface area contributed by atoms with Gasteiger partial charge in [0.25, 0.3) is 0 Å². The van der Waals surface area contributed by atoms with E-state index in [-0.39, 0.29) is 18.4 Å². The highest BCUT2D eigenvalue weighted by Crippen LogP contribution is 2.37. The zero-order valence-electron chi connectivity index (χ0n) is 20.3. The van der Waals surface area contributed by atoms with E-state index < -0.39 is 11.6 Å². The summed E-state index contributed by atoms with van der Waals surface area (Å²) in [6.45, 7) is 5.85. The van der Waals surface area contributed by atoms with Crippen LogP contribution in [0.2, 0.25) is 0 Å². The molecule has 1 atom stereocenters. The molecular weight excluding hydrogens is 462 g/mol. The summed E-state index contributed by atoms with van der Waals surface area (Å²) in [6.07, 6.45) is 0.740. The van der Waals surface area contributed by atoms with E-state index >= 15 is 0 Å². The number of hydrogen-bond donors (Lipinski definition) is 1. The number of ether oxygens (including phenoxy) is 1. The molecular formula is C26H29N5O3S. The van der Waals surface area contributed by atoms with E-state index in [4.69, 9.17) is 4.74 Å². The molecule has 0 aliphatic heterocycles. The number of fused-ring (bicyclic) bond motifs is 1. The maximum Gasteiger partial charge on any atom is 0.249 e. The molecule has 8 nitrogen and oxygen atoms in total. The molecule has 9 heteroatoms. The van der Waals surface area contributed by atoms with Gasteiger partial charge >= 0.3 is 0 Å². The Bertz CT molecular complexity index is 1320. The maximum atomic E-state index is 14.0. The monoisotopic (exact) mass is 491 g/mol. The summed E-state index contributed by atoms with van der Waals surface area (Å²) in [7, 11) is 1.55. The Morgan fingerprint density at radius 2 is 1.86 bits per heavy atom. The Kier molecular flexibility index (Phi) is 7.16. The molecule has 2 amide bonds. The minimum absolute atomic E-state index is 0.0924. The number of hydrogen-bond acceptors (Lipinski definition) is 6. The van der Waals surface area contributed by atoms with Gasteiger partial charge in [-0.05, 0) is 56.0 Å². The first-order valence-electron chi connectivity index (χ1n) is 11.4. The number of benzene rings is 2. The lowest BCUT2D eigenvalue weighted by atomic mass is 10.0. The Hall–Kier alpha value is -3.72. The summed E-state index contributed by atoms with van der Waals surface area (Å²) in [4.78, 5) is 30.0. The molecule has 2 aromatic heterocycles. The maximum absolute atomic E-state index is 14.0. The average molecular weight is 492 g/mol. The summed E-state index contributed by atoms with van der Waals surface area (Å²) in [5.41, 5.74) is 1.50. The SMILES string of the molecule is CCC(C)(C)NC(=O)[C@H](c1cccs1)N(C(=O)Cn1nnc2ccccc21)c1ccccc1OC. The van der Waals surface area contributed by atoms with Crippen LogP contribution < -0.4 is 15.0 Å². The Morgan fingerprint density at radius 1 is 1.11 bits per heavy atom. The van der Waals surface area contributed by atoms with E-state index in [0.717, 1.165) is 16.8 Å². The normalized spacial score (nSPS) is 12.3. The largest absolute Gasteiger partial charge is 0.495 e. The van der Waals surface area contributed by atoms with Crippen molar-refractivity contribution in [2.75, 3.05) is 12.0 Å². The predicted octanol–water partition coefficient (Wildman–Crippen LogP) is 4.58. The van der Waals surface area contributed by atoms with Crippen LogP contribution in [-0.4, -0.2) is 39.5 Å². The number of methoxy groups -OCH3 is 1. The first-order chi connectivity index (χ1) is 16.8. The van der Waals surface area contributed by atoms with Gasteiger partial charge in [0.15, 0.2) is 0 Å². The molecule has 0 aliphatic carbocycles. The van der Waals surface area contributed by atoms with Gasteiger partial charge in [-0.25, -0.2) is 4.68 Å². The standard InChI is InChI=1S/C26H29N5O3S/c1-5-26(2,3)27-25(33)24(22-15-10-16-35-22)31(20-13-8-9-14-21(20)34-4)23(32)17-30-19-12-7-6-11-18(19)28-29-30/h6-16,24H,5,17H2,1-4H3,(H,27,33)/t24-/m0/s1. The third kappa shape index (κ3) is 5.19. The van der Waals surface area contributed by atoms with Crippen molar-refractivity contribution in [3.05, 3.63) is 70.9 Å². The van der Waals surface area contributed by atoms with E-state index in [1.807, 2.05) is 74.7 Å². The van der Waals surface area contributed by atoms with Crippen molar-refractivity contribution in [3.8, 4) is 5.75 Å². The fourth-order valence-electron chi connectivity index (χ4n) is 3.80. The molecule has 0 saturated heterocycles. The fourth-order valence-corrected chi connectivity index (χ4v) is 4.61. The summed E-state index contributed by atoms with van der Waals surface area (Å²) < 4.78 is 7.15. The van der Waals surface area contributed by atoms with Crippen molar-refractivity contribution in [2.24, 2.45) is 0 Å². The molecule has 4 rings (SSSR count). The molecule has 2 heterocycles. The molecule has 4 aromatic rings. The zero-order chi connectivity index (χ0) is 25.0. The average Bonchev–Trinajstić information content (AvgIpc) is 3.52. The Morgan fingerprint density at radius 3 is 2.57 bits per heavy atom. The number of amides is 2. The number of anilines is 1. The van der Waals surface area contributed by atoms with Gasteiger partial charge < -0.3 is 10.1 Å². The van der Waals surface area contributed by atoms with Gasteiger partial charge in [-0.1, -0.05) is 42.5 Å². The van der Waals surface area contributed by atoms with Crippen molar-refractivity contribution >= 4 is 39.9 Å². The minimum Gasteiger partial charge on any atom is -0.495 e. The van der Waals surface area contributed by atoms with Crippen molar-refractivity contribution < 1.29 is 14.3 Å². The highest BCUT2D eigenvalue weighted by atomic mass is 32.1. The van der Waals surface area contributed by atoms with Crippen molar-refractivity contribution in [2.45, 2.75) is 45.3 Å². The number of para-hydroxylation sites is 3. The second-order valence-electron chi connectivity index (χ2n) is 8.82. The molecule has 0 radical (unpaired) electrons. The number of nitrogens with zero attached hydrogens (tertiary/aromatic N) is 4.